The highest BCUT2D eigenvalue weighted by Gasteiger charge is 2.39. The maximum absolute atomic E-state index is 8.55. The van der Waals surface area contributed by atoms with Crippen molar-refractivity contribution in [1.29, 1.82) is 5.26 Å². The van der Waals surface area contributed by atoms with Gasteiger partial charge in [-0.15, -0.1) is 5.26 Å². The molecule has 6 nitrogen and oxygen atoms in total. The second-order valence-corrected chi connectivity index (χ2v) is 8.91. The van der Waals surface area contributed by atoms with Gasteiger partial charge in [-0.2, -0.15) is 0 Å². The molecule has 156 valence electrons. The summed E-state index contributed by atoms with van der Waals surface area (Å²) in [6.07, 6.45) is 2.47. The Morgan fingerprint density at radius 2 is 1.24 bits per heavy atom. The molecule has 0 amide bonds. The van der Waals surface area contributed by atoms with Gasteiger partial charge in [0.15, 0.2) is 0 Å². The van der Waals surface area contributed by atoms with E-state index in [9.17, 15) is 0 Å². The van der Waals surface area contributed by atoms with Gasteiger partial charge in [0, 0.05) is 25.9 Å². The van der Waals surface area contributed by atoms with E-state index in [1.807, 2.05) is 57.2 Å². The van der Waals surface area contributed by atoms with Gasteiger partial charge in [-0.25, -0.2) is 0 Å². The van der Waals surface area contributed by atoms with E-state index in [1.54, 1.807) is 18.4 Å². The van der Waals surface area contributed by atoms with Crippen LogP contribution in [0.2, 0.25) is 6.04 Å². The zero-order chi connectivity index (χ0) is 21.0. The molecule has 0 aromatic heterocycles. The number of rotatable bonds is 13. The number of hydrogen-bond donors (Lipinski definition) is 0. The maximum atomic E-state index is 8.55. The first-order chi connectivity index (χ1) is 14.2. The van der Waals surface area contributed by atoms with E-state index in [0.29, 0.717) is 32.2 Å². The summed E-state index contributed by atoms with van der Waals surface area (Å²) in [5.74, 6) is 1.34. The van der Waals surface area contributed by atoms with Crippen LogP contribution in [0.5, 0.6) is 11.5 Å². The smallest absolute Gasteiger partial charge is 0.494 e. The lowest BCUT2D eigenvalue weighted by Crippen LogP contribution is -2.46. The van der Waals surface area contributed by atoms with Gasteiger partial charge in [0.2, 0.25) is 0 Å². The normalized spacial score (nSPS) is 11.1. The predicted octanol–water partition coefficient (Wildman–Crippen LogP) is 5.03. The van der Waals surface area contributed by atoms with Crippen LogP contribution in [0.15, 0.2) is 48.5 Å². The highest BCUT2D eigenvalue weighted by molar-refractivity contribution is 6.60. The summed E-state index contributed by atoms with van der Waals surface area (Å²) in [7, 11) is -2.61. The Bertz CT molecular complexity index is 741. The lowest BCUT2D eigenvalue weighted by Gasteiger charge is -2.28. The Balaban J connectivity index is 1.87. The van der Waals surface area contributed by atoms with Crippen molar-refractivity contribution in [3.63, 3.8) is 0 Å². The predicted molar refractivity (Wildman–Crippen MR) is 114 cm³/mol. The molecule has 0 N–H and O–H groups in total. The molecule has 7 heteroatoms. The molecule has 0 saturated heterocycles. The Morgan fingerprint density at radius 1 is 0.759 bits per heavy atom. The van der Waals surface area contributed by atoms with E-state index < -0.39 is 8.80 Å². The van der Waals surface area contributed by atoms with Crippen molar-refractivity contribution in [3.05, 3.63) is 48.5 Å². The van der Waals surface area contributed by atoms with Gasteiger partial charge in [-0.05, 0) is 62.6 Å². The van der Waals surface area contributed by atoms with E-state index in [-0.39, 0.29) is 0 Å². The standard InChI is InChI=1S/C22H29NO5Si/c1-4-26-29(27-5-2,28-6-3)17-7-16-24-21-12-8-19(9-13-21)20-10-14-22(15-11-20)25-18-23/h8-15H,4-7,16-17H2,1-3H3. The number of benzene rings is 2. The molecular formula is C22H29NO5Si. The van der Waals surface area contributed by atoms with Gasteiger partial charge in [0.1, 0.15) is 11.5 Å². The first-order valence-electron chi connectivity index (χ1n) is 9.97. The van der Waals surface area contributed by atoms with E-state index in [0.717, 1.165) is 29.3 Å². The van der Waals surface area contributed by atoms with E-state index in [4.69, 9.17) is 28.0 Å². The Morgan fingerprint density at radius 3 is 1.69 bits per heavy atom. The third kappa shape index (κ3) is 7.18. The molecule has 0 fully saturated rings. The van der Waals surface area contributed by atoms with Crippen LogP contribution in [0.4, 0.5) is 0 Å². The molecule has 0 aliphatic heterocycles. The van der Waals surface area contributed by atoms with Crippen LogP contribution >= 0.6 is 0 Å². The molecule has 2 rings (SSSR count). The van der Waals surface area contributed by atoms with Crippen molar-refractivity contribution in [3.8, 4) is 28.9 Å². The summed E-state index contributed by atoms with van der Waals surface area (Å²) >= 11 is 0. The summed E-state index contributed by atoms with van der Waals surface area (Å²) in [5, 5.41) is 8.55. The molecule has 0 bridgehead atoms. The van der Waals surface area contributed by atoms with Gasteiger partial charge < -0.3 is 22.8 Å². The van der Waals surface area contributed by atoms with Gasteiger partial charge >= 0.3 is 8.80 Å². The fraction of sp³-hybridized carbons (Fsp3) is 0.409. The molecular weight excluding hydrogens is 386 g/mol. The number of nitriles is 1. The molecule has 0 aliphatic carbocycles. The van der Waals surface area contributed by atoms with Gasteiger partial charge in [0.25, 0.3) is 6.26 Å². The molecule has 0 radical (unpaired) electrons. The van der Waals surface area contributed by atoms with Crippen LogP contribution in [0.25, 0.3) is 11.1 Å². The molecule has 2 aromatic carbocycles. The fourth-order valence-electron chi connectivity index (χ4n) is 2.99. The lowest BCUT2D eigenvalue weighted by molar-refractivity contribution is 0.0696. The van der Waals surface area contributed by atoms with Crippen LogP contribution in [0.1, 0.15) is 27.2 Å². The summed E-state index contributed by atoms with van der Waals surface area (Å²) in [6, 6.07) is 16.0. The third-order valence-electron chi connectivity index (χ3n) is 4.19. The fourth-order valence-corrected chi connectivity index (χ4v) is 5.57. The number of hydrogen-bond acceptors (Lipinski definition) is 6. The average Bonchev–Trinajstić information content (AvgIpc) is 2.73. The highest BCUT2D eigenvalue weighted by Crippen LogP contribution is 2.25. The Labute approximate surface area is 174 Å². The van der Waals surface area contributed by atoms with Gasteiger partial charge in [-0.1, -0.05) is 24.3 Å². The minimum Gasteiger partial charge on any atom is -0.494 e. The maximum Gasteiger partial charge on any atom is 0.501 e. The molecule has 0 unspecified atom stereocenters. The van der Waals surface area contributed by atoms with Crippen molar-refractivity contribution in [2.75, 3.05) is 26.4 Å². The van der Waals surface area contributed by atoms with Crippen molar-refractivity contribution < 1.29 is 22.8 Å². The number of nitrogens with zero attached hydrogens (tertiary/aromatic N) is 1. The van der Waals surface area contributed by atoms with Crippen molar-refractivity contribution >= 4 is 8.80 Å². The topological polar surface area (TPSA) is 69.9 Å². The monoisotopic (exact) mass is 415 g/mol. The molecule has 29 heavy (non-hydrogen) atoms. The largest absolute Gasteiger partial charge is 0.501 e. The quantitative estimate of drug-likeness (QED) is 0.260. The van der Waals surface area contributed by atoms with Gasteiger partial charge in [0.05, 0.1) is 6.61 Å². The van der Waals surface area contributed by atoms with E-state index >= 15 is 0 Å². The second kappa shape index (κ2) is 12.2. The van der Waals surface area contributed by atoms with Crippen molar-refractivity contribution in [2.45, 2.75) is 33.2 Å². The van der Waals surface area contributed by atoms with Crippen LogP contribution in [0.3, 0.4) is 0 Å². The van der Waals surface area contributed by atoms with Crippen molar-refractivity contribution in [2.24, 2.45) is 0 Å². The zero-order valence-corrected chi connectivity index (χ0v) is 18.3. The minimum atomic E-state index is -2.61. The van der Waals surface area contributed by atoms with E-state index in [1.165, 1.54) is 0 Å². The molecule has 0 aliphatic rings. The van der Waals surface area contributed by atoms with Crippen molar-refractivity contribution in [1.82, 2.24) is 0 Å². The third-order valence-corrected chi connectivity index (χ3v) is 7.35. The lowest BCUT2D eigenvalue weighted by atomic mass is 10.1. The first kappa shape index (κ1) is 22.9. The van der Waals surface area contributed by atoms with E-state index in [2.05, 4.69) is 0 Å². The summed E-state index contributed by atoms with van der Waals surface area (Å²) in [5.41, 5.74) is 2.11. The second-order valence-electron chi connectivity index (χ2n) is 6.18. The van der Waals surface area contributed by atoms with Gasteiger partial charge in [-0.3, -0.25) is 0 Å². The SMILES string of the molecule is CCO[Si](CCCOc1ccc(-c2ccc(OC#N)cc2)cc1)(OCC)OCC. The summed E-state index contributed by atoms with van der Waals surface area (Å²) in [4.78, 5) is 0. The molecule has 0 spiro atoms. The molecule has 0 heterocycles. The van der Waals surface area contributed by atoms with Crippen LogP contribution < -0.4 is 9.47 Å². The zero-order valence-electron chi connectivity index (χ0n) is 17.3. The average molecular weight is 416 g/mol. The first-order valence-corrected chi connectivity index (χ1v) is 11.9. The molecule has 2 aromatic rings. The van der Waals surface area contributed by atoms with Crippen LogP contribution in [-0.2, 0) is 13.3 Å². The Hall–Kier alpha value is -2.37. The number of ether oxygens (including phenoxy) is 2. The summed E-state index contributed by atoms with van der Waals surface area (Å²) < 4.78 is 28.3. The highest BCUT2D eigenvalue weighted by atomic mass is 28.4. The summed E-state index contributed by atoms with van der Waals surface area (Å²) in [6.45, 7) is 8.20. The molecule has 0 saturated carbocycles. The molecule has 0 atom stereocenters. The van der Waals surface area contributed by atoms with Crippen LogP contribution in [0, 0.1) is 11.5 Å². The Kier molecular flexibility index (Phi) is 9.67. The van der Waals surface area contributed by atoms with Crippen LogP contribution in [-0.4, -0.2) is 35.2 Å². The minimum absolute atomic E-state index is 0.530.